The maximum atomic E-state index is 10.6. The molecule has 0 fully saturated rings. The maximum absolute atomic E-state index is 10.6. The van der Waals surface area contributed by atoms with Crippen LogP contribution >= 0.6 is 0 Å². The van der Waals surface area contributed by atoms with Crippen LogP contribution in [0.2, 0.25) is 4.97 Å². The number of ether oxygens (including phenoxy) is 1. The van der Waals surface area contributed by atoms with Crippen molar-refractivity contribution in [1.29, 1.82) is 0 Å². The first-order valence-corrected chi connectivity index (χ1v) is 6.98. The molecule has 2 nitrogen and oxygen atoms in total. The average Bonchev–Trinajstić information content (AvgIpc) is 1.88. The molecule has 3 heteroatoms. The van der Waals surface area contributed by atoms with Crippen molar-refractivity contribution < 1.29 is 9.53 Å². The second kappa shape index (κ2) is 5.62. The molecule has 0 spiro atoms. The molecule has 0 heterocycles. The molecule has 0 aromatic heterocycles. The molecule has 0 N–H and O–H groups in total. The summed E-state index contributed by atoms with van der Waals surface area (Å²) in [4.78, 5) is 12.7. The molecule has 0 saturated carbocycles. The van der Waals surface area contributed by atoms with Gasteiger partial charge in [-0.1, -0.05) is 0 Å². The van der Waals surface area contributed by atoms with E-state index in [1.165, 1.54) is 10.5 Å². The topological polar surface area (TPSA) is 26.3 Å². The molecule has 0 rings (SSSR count). The van der Waals surface area contributed by atoms with Crippen molar-refractivity contribution in [3.63, 3.8) is 0 Å². The molecule has 0 aliphatic rings. The summed E-state index contributed by atoms with van der Waals surface area (Å²) in [6.45, 7) is 5.36. The Bertz CT molecular complexity index is 163. The summed E-state index contributed by atoms with van der Waals surface area (Å²) in [6, 6.07) is 0. The van der Waals surface area contributed by atoms with Gasteiger partial charge in [0.25, 0.3) is 0 Å². The van der Waals surface area contributed by atoms with Gasteiger partial charge in [0.05, 0.1) is 0 Å². The zero-order chi connectivity index (χ0) is 8.85. The van der Waals surface area contributed by atoms with Gasteiger partial charge in [0.2, 0.25) is 0 Å². The van der Waals surface area contributed by atoms with Crippen LogP contribution in [0.4, 0.5) is 0 Å². The Morgan fingerprint density at radius 3 is 2.45 bits per heavy atom. The Morgan fingerprint density at radius 1 is 1.64 bits per heavy atom. The summed E-state index contributed by atoms with van der Waals surface area (Å²) in [7, 11) is 0. The first-order valence-electron chi connectivity index (χ1n) is 3.49. The van der Waals surface area contributed by atoms with Crippen LogP contribution in [-0.2, 0) is 9.53 Å². The van der Waals surface area contributed by atoms with E-state index >= 15 is 0 Å². The van der Waals surface area contributed by atoms with Crippen molar-refractivity contribution in [2.45, 2.75) is 31.8 Å². The van der Waals surface area contributed by atoms with E-state index in [-0.39, 0.29) is 33.0 Å². The molecule has 0 aliphatic heterocycles. The average molecular weight is 270 g/mol. The molecule has 0 bridgehead atoms. The summed E-state index contributed by atoms with van der Waals surface area (Å²) in [6.07, 6.45) is 2.04. The van der Waals surface area contributed by atoms with E-state index < -0.39 is 0 Å². The first-order chi connectivity index (χ1) is 5.11. The van der Waals surface area contributed by atoms with Gasteiger partial charge in [-0.2, -0.15) is 0 Å². The Hall–Kier alpha value is -0.000390. The van der Waals surface area contributed by atoms with Gasteiger partial charge >= 0.3 is 78.0 Å². The monoisotopic (exact) mass is 272 g/mol. The van der Waals surface area contributed by atoms with Crippen LogP contribution in [0.25, 0.3) is 0 Å². The summed E-state index contributed by atoms with van der Waals surface area (Å²) in [5.74, 6) is -0.197. The van der Waals surface area contributed by atoms with Crippen molar-refractivity contribution in [3.8, 4) is 0 Å². The van der Waals surface area contributed by atoms with Crippen molar-refractivity contribution in [1.82, 2.24) is 0 Å². The number of hydrogen-bond donors (Lipinski definition) is 0. The molecule has 11 heavy (non-hydrogen) atoms. The molecule has 1 unspecified atom stereocenters. The molecular formula is C8H14O2Te. The summed E-state index contributed by atoms with van der Waals surface area (Å²) >= 11 is -0.107. The van der Waals surface area contributed by atoms with Crippen LogP contribution in [-0.4, -0.2) is 33.0 Å². The standard InChI is InChI=1S/C8H14O2Te/c1-5-8(11-4)6(2)10-7(3)9/h5-6H,1-4H3/b8-5-. The number of carbonyl (C=O) groups excluding carboxylic acids is 1. The van der Waals surface area contributed by atoms with E-state index in [9.17, 15) is 4.79 Å². The van der Waals surface area contributed by atoms with Gasteiger partial charge in [-0.25, -0.2) is 0 Å². The minimum atomic E-state index is -0.197. The van der Waals surface area contributed by atoms with E-state index in [0.29, 0.717) is 0 Å². The van der Waals surface area contributed by atoms with Crippen LogP contribution in [0, 0.1) is 0 Å². The van der Waals surface area contributed by atoms with E-state index in [0.717, 1.165) is 0 Å². The summed E-state index contributed by atoms with van der Waals surface area (Å²) in [5.41, 5.74) is 0. The molecule has 0 amide bonds. The molecule has 0 aromatic carbocycles. The minimum absolute atomic E-state index is 0.00935. The SMILES string of the molecule is C/C=C(\[Te]C)C(C)OC(C)=O. The fraction of sp³-hybridized carbons (Fsp3) is 0.625. The van der Waals surface area contributed by atoms with E-state index in [4.69, 9.17) is 4.74 Å². The third-order valence-corrected chi connectivity index (χ3v) is 4.23. The van der Waals surface area contributed by atoms with Gasteiger partial charge in [-0.05, 0) is 0 Å². The number of hydrogen-bond acceptors (Lipinski definition) is 2. The molecule has 0 radical (unpaired) electrons. The molecule has 64 valence electrons. The Kier molecular flexibility index (Phi) is 5.62. The second-order valence-electron chi connectivity index (χ2n) is 2.15. The zero-order valence-electron chi connectivity index (χ0n) is 7.38. The third-order valence-electron chi connectivity index (χ3n) is 1.26. The number of carbonyl (C=O) groups is 1. The van der Waals surface area contributed by atoms with Crippen LogP contribution in [0.3, 0.4) is 0 Å². The van der Waals surface area contributed by atoms with Crippen LogP contribution < -0.4 is 0 Å². The Balaban J connectivity index is 4.00. The van der Waals surface area contributed by atoms with Gasteiger partial charge in [-0.15, -0.1) is 0 Å². The van der Waals surface area contributed by atoms with Gasteiger partial charge in [-0.3, -0.25) is 0 Å². The van der Waals surface area contributed by atoms with Crippen molar-refractivity contribution in [3.05, 3.63) is 9.70 Å². The molecule has 0 aromatic rings. The molecule has 0 saturated heterocycles. The van der Waals surface area contributed by atoms with Gasteiger partial charge in [0.1, 0.15) is 0 Å². The zero-order valence-corrected chi connectivity index (χ0v) is 9.71. The normalized spacial score (nSPS) is 14.4. The van der Waals surface area contributed by atoms with Crippen molar-refractivity contribution in [2.24, 2.45) is 0 Å². The predicted octanol–water partition coefficient (Wildman–Crippen LogP) is 1.59. The van der Waals surface area contributed by atoms with Crippen molar-refractivity contribution in [2.75, 3.05) is 0 Å². The molecular weight excluding hydrogens is 256 g/mol. The van der Waals surface area contributed by atoms with Crippen LogP contribution in [0.15, 0.2) is 9.70 Å². The van der Waals surface area contributed by atoms with Crippen molar-refractivity contribution >= 4 is 26.9 Å². The molecule has 1 atom stereocenters. The Labute approximate surface area is 78.1 Å². The van der Waals surface area contributed by atoms with Crippen LogP contribution in [0.1, 0.15) is 20.8 Å². The van der Waals surface area contributed by atoms with Gasteiger partial charge in [0, 0.05) is 0 Å². The quantitative estimate of drug-likeness (QED) is 0.575. The second-order valence-corrected chi connectivity index (χ2v) is 4.66. The third kappa shape index (κ3) is 4.44. The van der Waals surface area contributed by atoms with E-state index in [1.54, 1.807) is 0 Å². The molecule has 0 aliphatic carbocycles. The summed E-state index contributed by atoms with van der Waals surface area (Å²) in [5, 5.41) is 0. The predicted molar refractivity (Wildman–Crippen MR) is 46.6 cm³/mol. The van der Waals surface area contributed by atoms with Crippen LogP contribution in [0.5, 0.6) is 0 Å². The van der Waals surface area contributed by atoms with Gasteiger partial charge < -0.3 is 0 Å². The summed E-state index contributed by atoms with van der Waals surface area (Å²) < 4.78 is 6.32. The van der Waals surface area contributed by atoms with E-state index in [2.05, 4.69) is 11.0 Å². The number of esters is 1. The van der Waals surface area contributed by atoms with E-state index in [1.807, 2.05) is 13.8 Å². The fourth-order valence-electron chi connectivity index (χ4n) is 0.826. The first kappa shape index (κ1) is 11.0. The number of rotatable bonds is 3. The fourth-order valence-corrected chi connectivity index (χ4v) is 2.58. The number of allylic oxidation sites excluding steroid dienone is 1. The van der Waals surface area contributed by atoms with Gasteiger partial charge in [0.15, 0.2) is 0 Å². The Morgan fingerprint density at radius 2 is 2.18 bits per heavy atom.